The summed E-state index contributed by atoms with van der Waals surface area (Å²) < 4.78 is 46.0. The summed E-state index contributed by atoms with van der Waals surface area (Å²) in [5.74, 6) is -0.765. The molecule has 10 heteroatoms. The number of benzene rings is 2. The van der Waals surface area contributed by atoms with Gasteiger partial charge in [0.2, 0.25) is 0 Å². The zero-order valence-corrected chi connectivity index (χ0v) is 18.4. The maximum absolute atomic E-state index is 13.6. The Labute approximate surface area is 197 Å². The van der Waals surface area contributed by atoms with E-state index in [4.69, 9.17) is 4.52 Å². The lowest BCUT2D eigenvalue weighted by molar-refractivity contribution is -0.137. The van der Waals surface area contributed by atoms with Crippen LogP contribution in [0.25, 0.3) is 22.4 Å². The number of fused-ring (bicyclic) bond motifs is 1. The number of hydrogen-bond acceptors (Lipinski definition) is 5. The van der Waals surface area contributed by atoms with Gasteiger partial charge in [-0.25, -0.2) is 4.98 Å². The van der Waals surface area contributed by atoms with E-state index >= 15 is 0 Å². The second kappa shape index (κ2) is 8.53. The number of amides is 2. The Hall–Kier alpha value is -4.21. The van der Waals surface area contributed by atoms with Gasteiger partial charge in [0.05, 0.1) is 27.9 Å². The van der Waals surface area contributed by atoms with Crippen molar-refractivity contribution in [2.24, 2.45) is 0 Å². The van der Waals surface area contributed by atoms with Gasteiger partial charge in [0.25, 0.3) is 17.5 Å². The van der Waals surface area contributed by atoms with Crippen LogP contribution in [0.5, 0.6) is 0 Å². The van der Waals surface area contributed by atoms with Crippen LogP contribution in [0.1, 0.15) is 44.8 Å². The lowest BCUT2D eigenvalue weighted by Crippen LogP contribution is -2.25. The second-order valence-corrected chi connectivity index (χ2v) is 8.33. The number of hydrogen-bond donors (Lipinski definition) is 2. The predicted molar refractivity (Wildman–Crippen MR) is 122 cm³/mol. The van der Waals surface area contributed by atoms with E-state index in [9.17, 15) is 22.8 Å². The molecule has 2 aromatic carbocycles. The number of anilines is 1. The molecule has 178 valence electrons. The SMILES string of the molecule is Cc1noc2nc(-c3ccccc3C(F)(F)F)cc(C(=O)Nc3ccc(C(=O)NC4CC4)cc3)c12. The molecule has 1 saturated carbocycles. The molecular weight excluding hydrogens is 461 g/mol. The fourth-order valence-corrected chi connectivity index (χ4v) is 3.77. The number of nitrogens with zero attached hydrogens (tertiary/aromatic N) is 2. The number of alkyl halides is 3. The van der Waals surface area contributed by atoms with Crippen LogP contribution in [0.2, 0.25) is 0 Å². The van der Waals surface area contributed by atoms with Crippen molar-refractivity contribution >= 4 is 28.6 Å². The average molecular weight is 480 g/mol. The van der Waals surface area contributed by atoms with Crippen molar-refractivity contribution in [3.05, 3.63) is 77.0 Å². The van der Waals surface area contributed by atoms with Crippen molar-refractivity contribution in [2.75, 3.05) is 5.32 Å². The van der Waals surface area contributed by atoms with Crippen LogP contribution in [-0.2, 0) is 6.18 Å². The summed E-state index contributed by atoms with van der Waals surface area (Å²) in [7, 11) is 0. The molecule has 7 nitrogen and oxygen atoms in total. The number of carbonyl (C=O) groups is 2. The van der Waals surface area contributed by atoms with Gasteiger partial charge < -0.3 is 15.2 Å². The van der Waals surface area contributed by atoms with Crippen LogP contribution in [0.3, 0.4) is 0 Å². The Morgan fingerprint density at radius 3 is 2.43 bits per heavy atom. The Morgan fingerprint density at radius 1 is 1.03 bits per heavy atom. The lowest BCUT2D eigenvalue weighted by atomic mass is 10.0. The normalized spacial score (nSPS) is 13.6. The summed E-state index contributed by atoms with van der Waals surface area (Å²) in [5.41, 5.74) is 0.131. The molecule has 0 aliphatic heterocycles. The first-order valence-corrected chi connectivity index (χ1v) is 10.9. The zero-order valence-electron chi connectivity index (χ0n) is 18.4. The van der Waals surface area contributed by atoms with Crippen molar-refractivity contribution in [1.29, 1.82) is 0 Å². The Morgan fingerprint density at radius 2 is 1.74 bits per heavy atom. The smallest absolute Gasteiger partial charge is 0.349 e. The number of aromatic nitrogens is 2. The fourth-order valence-electron chi connectivity index (χ4n) is 3.77. The second-order valence-electron chi connectivity index (χ2n) is 8.33. The van der Waals surface area contributed by atoms with Crippen LogP contribution in [0.15, 0.2) is 59.1 Å². The molecule has 0 radical (unpaired) electrons. The van der Waals surface area contributed by atoms with E-state index in [0.717, 1.165) is 18.9 Å². The molecule has 1 aliphatic rings. The first-order valence-electron chi connectivity index (χ1n) is 10.9. The van der Waals surface area contributed by atoms with Gasteiger partial charge >= 0.3 is 6.18 Å². The molecule has 35 heavy (non-hydrogen) atoms. The summed E-state index contributed by atoms with van der Waals surface area (Å²) in [5, 5.41) is 9.74. The number of aryl methyl sites for hydroxylation is 1. The minimum atomic E-state index is -4.61. The molecule has 1 fully saturated rings. The fraction of sp³-hybridized carbons (Fsp3) is 0.200. The zero-order chi connectivity index (χ0) is 24.7. The molecule has 5 rings (SSSR count). The van der Waals surface area contributed by atoms with Crippen molar-refractivity contribution in [3.63, 3.8) is 0 Å². The minimum absolute atomic E-state index is 0.0470. The van der Waals surface area contributed by atoms with Gasteiger partial charge in [-0.05, 0) is 56.2 Å². The van der Waals surface area contributed by atoms with Crippen molar-refractivity contribution in [1.82, 2.24) is 15.5 Å². The molecular formula is C25H19F3N4O3. The van der Waals surface area contributed by atoms with Gasteiger partial charge in [-0.3, -0.25) is 9.59 Å². The summed E-state index contributed by atoms with van der Waals surface area (Å²) in [6.45, 7) is 1.61. The van der Waals surface area contributed by atoms with Crippen molar-refractivity contribution < 1.29 is 27.3 Å². The van der Waals surface area contributed by atoms with Gasteiger partial charge in [0.1, 0.15) is 0 Å². The number of halogens is 3. The highest BCUT2D eigenvalue weighted by Crippen LogP contribution is 2.37. The highest BCUT2D eigenvalue weighted by atomic mass is 19.4. The third kappa shape index (κ3) is 4.59. The molecule has 0 spiro atoms. The predicted octanol–water partition coefficient (Wildman–Crippen LogP) is 5.36. The monoisotopic (exact) mass is 480 g/mol. The molecule has 2 amide bonds. The van der Waals surface area contributed by atoms with Crippen molar-refractivity contribution in [2.45, 2.75) is 32.0 Å². The van der Waals surface area contributed by atoms with E-state index in [1.807, 2.05) is 0 Å². The highest BCUT2D eigenvalue weighted by Gasteiger charge is 2.34. The lowest BCUT2D eigenvalue weighted by Gasteiger charge is -2.13. The summed E-state index contributed by atoms with van der Waals surface area (Å²) in [6.07, 6.45) is -2.67. The maximum atomic E-state index is 13.6. The van der Waals surface area contributed by atoms with E-state index in [2.05, 4.69) is 20.8 Å². The maximum Gasteiger partial charge on any atom is 0.417 e. The largest absolute Gasteiger partial charge is 0.417 e. The van der Waals surface area contributed by atoms with Gasteiger partial charge in [0.15, 0.2) is 0 Å². The Kier molecular flexibility index (Phi) is 5.50. The average Bonchev–Trinajstić information content (AvgIpc) is 3.58. The molecule has 0 bridgehead atoms. The molecule has 2 aromatic heterocycles. The molecule has 0 saturated heterocycles. The molecule has 0 unspecified atom stereocenters. The third-order valence-corrected chi connectivity index (χ3v) is 5.69. The topological polar surface area (TPSA) is 97.1 Å². The molecule has 2 N–H and O–H groups in total. The van der Waals surface area contributed by atoms with E-state index in [-0.39, 0.29) is 34.5 Å². The number of carbonyl (C=O) groups excluding carboxylic acids is 2. The van der Waals surface area contributed by atoms with E-state index in [0.29, 0.717) is 22.3 Å². The van der Waals surface area contributed by atoms with E-state index in [1.54, 1.807) is 31.2 Å². The van der Waals surface area contributed by atoms with Crippen molar-refractivity contribution in [3.8, 4) is 11.3 Å². The third-order valence-electron chi connectivity index (χ3n) is 5.69. The van der Waals surface area contributed by atoms with Gasteiger partial charge in [-0.2, -0.15) is 13.2 Å². The van der Waals surface area contributed by atoms with Gasteiger partial charge in [0, 0.05) is 22.9 Å². The standard InChI is InChI=1S/C25H19F3N4O3/c1-13-21-18(23(34)30-15-8-6-14(7-9-15)22(33)29-16-10-11-16)12-20(31-24(21)35-32-13)17-4-2-3-5-19(17)25(26,27)28/h2-9,12,16H,10-11H2,1H3,(H,29,33)(H,30,34). The van der Waals surface area contributed by atoms with Gasteiger partial charge in [-0.1, -0.05) is 23.4 Å². The van der Waals surface area contributed by atoms with E-state index < -0.39 is 17.6 Å². The summed E-state index contributed by atoms with van der Waals surface area (Å²) in [6, 6.07) is 12.8. The molecule has 1 aliphatic carbocycles. The van der Waals surface area contributed by atoms with Crippen LogP contribution < -0.4 is 10.6 Å². The number of pyridine rings is 1. The first-order chi connectivity index (χ1) is 16.7. The number of rotatable bonds is 5. The molecule has 4 aromatic rings. The Balaban J connectivity index is 1.49. The van der Waals surface area contributed by atoms with Crippen LogP contribution in [0.4, 0.5) is 18.9 Å². The minimum Gasteiger partial charge on any atom is -0.349 e. The van der Waals surface area contributed by atoms with Crippen LogP contribution in [0, 0.1) is 6.92 Å². The summed E-state index contributed by atoms with van der Waals surface area (Å²) in [4.78, 5) is 29.6. The van der Waals surface area contributed by atoms with Crippen LogP contribution >= 0.6 is 0 Å². The first kappa shape index (κ1) is 22.6. The summed E-state index contributed by atoms with van der Waals surface area (Å²) >= 11 is 0. The van der Waals surface area contributed by atoms with Gasteiger partial charge in [-0.15, -0.1) is 0 Å². The quantitative estimate of drug-likeness (QED) is 0.401. The number of nitrogens with one attached hydrogen (secondary N) is 2. The molecule has 0 atom stereocenters. The molecule has 2 heterocycles. The highest BCUT2D eigenvalue weighted by molar-refractivity contribution is 6.13. The van der Waals surface area contributed by atoms with E-state index in [1.165, 1.54) is 24.3 Å². The van der Waals surface area contributed by atoms with Crippen LogP contribution in [-0.4, -0.2) is 28.0 Å². The Bertz CT molecular complexity index is 1440.